The van der Waals surface area contributed by atoms with Crippen LogP contribution in [0.1, 0.15) is 66.2 Å². The van der Waals surface area contributed by atoms with Crippen LogP contribution >= 0.6 is 11.3 Å². The van der Waals surface area contributed by atoms with Crippen molar-refractivity contribution in [3.8, 4) is 0 Å². The zero-order valence-electron chi connectivity index (χ0n) is 12.9. The monoisotopic (exact) mass is 303 g/mol. The maximum absolute atomic E-state index is 12.4. The van der Waals surface area contributed by atoms with Gasteiger partial charge in [0.2, 0.25) is 0 Å². The van der Waals surface area contributed by atoms with E-state index in [0.29, 0.717) is 0 Å². The third-order valence-electron chi connectivity index (χ3n) is 4.76. The van der Waals surface area contributed by atoms with E-state index >= 15 is 0 Å². The van der Waals surface area contributed by atoms with Gasteiger partial charge < -0.3 is 5.32 Å². The molecule has 114 valence electrons. The summed E-state index contributed by atoms with van der Waals surface area (Å²) in [5.41, 5.74) is 3.80. The molecule has 0 aromatic carbocycles. The number of allylic oxidation sites excluding steroid dienone is 1. The van der Waals surface area contributed by atoms with Gasteiger partial charge in [-0.25, -0.2) is 0 Å². The molecule has 0 aliphatic heterocycles. The van der Waals surface area contributed by atoms with Crippen LogP contribution in [0.5, 0.6) is 0 Å². The molecule has 1 amide bonds. The summed E-state index contributed by atoms with van der Waals surface area (Å²) >= 11 is 1.77. The molecule has 1 atom stereocenters. The molecule has 3 heteroatoms. The Morgan fingerprint density at radius 2 is 2.29 bits per heavy atom. The van der Waals surface area contributed by atoms with Crippen molar-refractivity contribution < 1.29 is 4.79 Å². The molecule has 0 fully saturated rings. The number of rotatable bonds is 4. The standard InChI is InChI=1S/C18H25NOS/c1-13-7-8-15-16(12-21-17(15)11-13)18(20)19-10-9-14-5-3-2-4-6-14/h5,12-13H,2-4,6-11H2,1H3,(H,19,20). The molecule has 1 N–H and O–H groups in total. The minimum Gasteiger partial charge on any atom is -0.352 e. The highest BCUT2D eigenvalue weighted by molar-refractivity contribution is 7.10. The van der Waals surface area contributed by atoms with Crippen LogP contribution in [-0.2, 0) is 12.8 Å². The highest BCUT2D eigenvalue weighted by Gasteiger charge is 2.22. The van der Waals surface area contributed by atoms with Crippen molar-refractivity contribution in [3.05, 3.63) is 33.0 Å². The first-order valence-electron chi connectivity index (χ1n) is 8.29. The summed E-state index contributed by atoms with van der Waals surface area (Å²) in [5.74, 6) is 0.906. The number of hydrogen-bond acceptors (Lipinski definition) is 2. The van der Waals surface area contributed by atoms with Gasteiger partial charge in [-0.15, -0.1) is 11.3 Å². The van der Waals surface area contributed by atoms with Crippen molar-refractivity contribution in [1.29, 1.82) is 0 Å². The van der Waals surface area contributed by atoms with Crippen molar-refractivity contribution in [2.75, 3.05) is 6.54 Å². The van der Waals surface area contributed by atoms with Crippen molar-refractivity contribution in [3.63, 3.8) is 0 Å². The number of hydrogen-bond donors (Lipinski definition) is 1. The topological polar surface area (TPSA) is 29.1 Å². The summed E-state index contributed by atoms with van der Waals surface area (Å²) in [4.78, 5) is 13.8. The lowest BCUT2D eigenvalue weighted by Crippen LogP contribution is -2.26. The third-order valence-corrected chi connectivity index (χ3v) is 5.81. The lowest BCUT2D eigenvalue weighted by atomic mass is 9.88. The molecule has 1 unspecified atom stereocenters. The second-order valence-corrected chi connectivity index (χ2v) is 7.48. The summed E-state index contributed by atoms with van der Waals surface area (Å²) in [6, 6.07) is 0. The lowest BCUT2D eigenvalue weighted by molar-refractivity contribution is 0.0953. The van der Waals surface area contributed by atoms with E-state index in [4.69, 9.17) is 0 Å². The Morgan fingerprint density at radius 1 is 1.38 bits per heavy atom. The van der Waals surface area contributed by atoms with Crippen molar-refractivity contribution in [2.45, 2.75) is 58.3 Å². The Hall–Kier alpha value is -1.09. The molecule has 3 rings (SSSR count). The average Bonchev–Trinajstić information content (AvgIpc) is 2.91. The fourth-order valence-corrected chi connectivity index (χ4v) is 4.68. The third kappa shape index (κ3) is 3.57. The van der Waals surface area contributed by atoms with Crippen LogP contribution in [-0.4, -0.2) is 12.5 Å². The Balaban J connectivity index is 1.55. The van der Waals surface area contributed by atoms with Gasteiger partial charge in [0.1, 0.15) is 0 Å². The van der Waals surface area contributed by atoms with E-state index in [2.05, 4.69) is 23.7 Å². The maximum Gasteiger partial charge on any atom is 0.252 e. The van der Waals surface area contributed by atoms with Crippen molar-refractivity contribution in [2.24, 2.45) is 5.92 Å². The normalized spacial score (nSPS) is 21.6. The zero-order valence-corrected chi connectivity index (χ0v) is 13.7. The molecule has 21 heavy (non-hydrogen) atoms. The fraction of sp³-hybridized carbons (Fsp3) is 0.611. The van der Waals surface area contributed by atoms with Crippen LogP contribution in [0.4, 0.5) is 0 Å². The number of nitrogens with one attached hydrogen (secondary N) is 1. The predicted octanol–water partition coefficient (Wildman–Crippen LogP) is 4.49. The van der Waals surface area contributed by atoms with Gasteiger partial charge in [0, 0.05) is 16.8 Å². The molecule has 0 saturated carbocycles. The Labute approximate surface area is 131 Å². The van der Waals surface area contributed by atoms with E-state index in [-0.39, 0.29) is 5.91 Å². The number of carbonyl (C=O) groups is 1. The second kappa shape index (κ2) is 6.78. The first-order valence-corrected chi connectivity index (χ1v) is 9.17. The molecular weight excluding hydrogens is 278 g/mol. The zero-order chi connectivity index (χ0) is 14.7. The molecule has 0 radical (unpaired) electrons. The summed E-state index contributed by atoms with van der Waals surface area (Å²) in [7, 11) is 0. The summed E-state index contributed by atoms with van der Waals surface area (Å²) in [5, 5.41) is 5.19. The van der Waals surface area contributed by atoms with Crippen LogP contribution in [0.2, 0.25) is 0 Å². The molecule has 2 aliphatic rings. The van der Waals surface area contributed by atoms with Crippen LogP contribution < -0.4 is 5.32 Å². The van der Waals surface area contributed by atoms with Crippen molar-refractivity contribution in [1.82, 2.24) is 5.32 Å². The molecular formula is C18H25NOS. The van der Waals surface area contributed by atoms with Crippen LogP contribution in [0, 0.1) is 5.92 Å². The SMILES string of the molecule is CC1CCc2c(C(=O)NCCC3=CCCCC3)csc2C1. The van der Waals surface area contributed by atoms with E-state index < -0.39 is 0 Å². The van der Waals surface area contributed by atoms with Gasteiger partial charge in [0.05, 0.1) is 5.56 Å². The summed E-state index contributed by atoms with van der Waals surface area (Å²) in [6.07, 6.45) is 11.9. The highest BCUT2D eigenvalue weighted by atomic mass is 32.1. The Morgan fingerprint density at radius 3 is 3.10 bits per heavy atom. The lowest BCUT2D eigenvalue weighted by Gasteiger charge is -2.19. The largest absolute Gasteiger partial charge is 0.352 e. The average molecular weight is 303 g/mol. The van der Waals surface area contributed by atoms with E-state index in [1.807, 2.05) is 0 Å². The quantitative estimate of drug-likeness (QED) is 0.816. The minimum absolute atomic E-state index is 0.137. The highest BCUT2D eigenvalue weighted by Crippen LogP contribution is 2.32. The van der Waals surface area contributed by atoms with E-state index in [0.717, 1.165) is 37.3 Å². The smallest absolute Gasteiger partial charge is 0.252 e. The van der Waals surface area contributed by atoms with Gasteiger partial charge in [0.15, 0.2) is 0 Å². The fourth-order valence-electron chi connectivity index (χ4n) is 3.43. The minimum atomic E-state index is 0.137. The van der Waals surface area contributed by atoms with Gasteiger partial charge in [-0.1, -0.05) is 18.6 Å². The molecule has 1 heterocycles. The summed E-state index contributed by atoms with van der Waals surface area (Å²) in [6.45, 7) is 3.09. The Bertz CT molecular complexity index is 543. The first-order chi connectivity index (χ1) is 10.2. The molecule has 2 aliphatic carbocycles. The predicted molar refractivity (Wildman–Crippen MR) is 89.0 cm³/mol. The van der Waals surface area contributed by atoms with Crippen LogP contribution in [0.15, 0.2) is 17.0 Å². The Kier molecular flexibility index (Phi) is 4.79. The molecule has 0 bridgehead atoms. The van der Waals surface area contributed by atoms with Gasteiger partial charge >= 0.3 is 0 Å². The maximum atomic E-state index is 12.4. The molecule has 0 saturated heterocycles. The number of thiophene rings is 1. The van der Waals surface area contributed by atoms with Gasteiger partial charge in [0.25, 0.3) is 5.91 Å². The molecule has 1 aromatic rings. The van der Waals surface area contributed by atoms with E-state index in [1.54, 1.807) is 11.3 Å². The molecule has 1 aromatic heterocycles. The van der Waals surface area contributed by atoms with Crippen LogP contribution in [0.25, 0.3) is 0 Å². The van der Waals surface area contributed by atoms with Gasteiger partial charge in [-0.2, -0.15) is 0 Å². The number of carbonyl (C=O) groups excluding carboxylic acids is 1. The number of fused-ring (bicyclic) bond motifs is 1. The first kappa shape index (κ1) is 14.8. The van der Waals surface area contributed by atoms with Crippen molar-refractivity contribution >= 4 is 17.2 Å². The van der Waals surface area contributed by atoms with E-state index in [1.165, 1.54) is 48.1 Å². The van der Waals surface area contributed by atoms with Gasteiger partial charge in [-0.3, -0.25) is 4.79 Å². The summed E-state index contributed by atoms with van der Waals surface area (Å²) < 4.78 is 0. The molecule has 2 nitrogen and oxygen atoms in total. The van der Waals surface area contributed by atoms with E-state index in [9.17, 15) is 4.79 Å². The van der Waals surface area contributed by atoms with Crippen LogP contribution in [0.3, 0.4) is 0 Å². The number of amides is 1. The molecule has 0 spiro atoms. The van der Waals surface area contributed by atoms with Gasteiger partial charge in [-0.05, 0) is 62.8 Å². The second-order valence-electron chi connectivity index (χ2n) is 6.51.